The van der Waals surface area contributed by atoms with E-state index in [1.807, 2.05) is 0 Å². The van der Waals surface area contributed by atoms with E-state index in [4.69, 9.17) is 9.47 Å². The number of rotatable bonds is 3. The maximum atomic E-state index is 12.5. The molecule has 2 saturated carbocycles. The molecule has 0 aromatic heterocycles. The van der Waals surface area contributed by atoms with Crippen LogP contribution in [0, 0.1) is 17.8 Å². The molecular formula is C17H21NO5S. The largest absolute Gasteiger partial charge is 0.490 e. The van der Waals surface area contributed by atoms with Gasteiger partial charge in [-0.15, -0.1) is 0 Å². The zero-order chi connectivity index (χ0) is 16.7. The molecular weight excluding hydrogens is 330 g/mol. The van der Waals surface area contributed by atoms with Crippen LogP contribution >= 0.6 is 0 Å². The van der Waals surface area contributed by atoms with E-state index in [-0.39, 0.29) is 16.7 Å². The lowest BCUT2D eigenvalue weighted by Gasteiger charge is -2.20. The van der Waals surface area contributed by atoms with E-state index in [9.17, 15) is 13.2 Å². The van der Waals surface area contributed by atoms with Crippen LogP contribution in [-0.2, 0) is 14.8 Å². The van der Waals surface area contributed by atoms with Crippen LogP contribution < -0.4 is 14.2 Å². The first kappa shape index (κ1) is 15.7. The smallest absolute Gasteiger partial charge is 0.264 e. The summed E-state index contributed by atoms with van der Waals surface area (Å²) in [5, 5.41) is 0. The second kappa shape index (κ2) is 5.95. The van der Waals surface area contributed by atoms with Gasteiger partial charge in [0.2, 0.25) is 5.91 Å². The van der Waals surface area contributed by atoms with Gasteiger partial charge in [0.05, 0.1) is 18.1 Å². The molecule has 7 heteroatoms. The molecule has 1 aliphatic heterocycles. The van der Waals surface area contributed by atoms with E-state index in [2.05, 4.69) is 4.72 Å². The fourth-order valence-corrected chi connectivity index (χ4v) is 5.19. The summed E-state index contributed by atoms with van der Waals surface area (Å²) in [4.78, 5) is 12.5. The number of fused-ring (bicyclic) bond motifs is 3. The van der Waals surface area contributed by atoms with Crippen LogP contribution in [0.2, 0.25) is 0 Å². The van der Waals surface area contributed by atoms with Gasteiger partial charge in [0.15, 0.2) is 11.5 Å². The lowest BCUT2D eigenvalue weighted by molar-refractivity contribution is -0.124. The quantitative estimate of drug-likeness (QED) is 0.902. The third-order valence-electron chi connectivity index (χ3n) is 5.34. The number of carbonyl (C=O) groups excluding carboxylic acids is 1. The molecule has 0 radical (unpaired) electrons. The Labute approximate surface area is 141 Å². The molecule has 130 valence electrons. The normalized spacial score (nSPS) is 28.4. The fraction of sp³-hybridized carbons (Fsp3) is 0.588. The van der Waals surface area contributed by atoms with Crippen molar-refractivity contribution in [1.29, 1.82) is 0 Å². The molecule has 1 heterocycles. The molecule has 3 unspecified atom stereocenters. The second-order valence-electron chi connectivity index (χ2n) is 6.91. The van der Waals surface area contributed by atoms with E-state index in [1.54, 1.807) is 6.07 Å². The van der Waals surface area contributed by atoms with Crippen molar-refractivity contribution in [3.63, 3.8) is 0 Å². The number of nitrogens with one attached hydrogen (secondary N) is 1. The van der Waals surface area contributed by atoms with Gasteiger partial charge >= 0.3 is 0 Å². The highest BCUT2D eigenvalue weighted by molar-refractivity contribution is 7.90. The van der Waals surface area contributed by atoms with Gasteiger partial charge in [0.25, 0.3) is 10.0 Å². The highest BCUT2D eigenvalue weighted by Crippen LogP contribution is 2.48. The van der Waals surface area contributed by atoms with Gasteiger partial charge in [-0.1, -0.05) is 6.42 Å². The minimum Gasteiger partial charge on any atom is -0.490 e. The highest BCUT2D eigenvalue weighted by Gasteiger charge is 2.44. The summed E-state index contributed by atoms with van der Waals surface area (Å²) in [5.41, 5.74) is 0. The first-order valence-corrected chi connectivity index (χ1v) is 9.97. The van der Waals surface area contributed by atoms with Crippen molar-refractivity contribution < 1.29 is 22.7 Å². The minimum absolute atomic E-state index is 0.0308. The summed E-state index contributed by atoms with van der Waals surface area (Å²) in [6.07, 6.45) is 4.82. The molecule has 2 fully saturated rings. The Balaban J connectivity index is 1.52. The fourth-order valence-electron chi connectivity index (χ4n) is 4.14. The Morgan fingerprint density at radius 1 is 1.08 bits per heavy atom. The van der Waals surface area contributed by atoms with Crippen molar-refractivity contribution in [3.8, 4) is 11.5 Å². The molecule has 0 spiro atoms. The molecule has 1 aromatic rings. The zero-order valence-electron chi connectivity index (χ0n) is 13.4. The van der Waals surface area contributed by atoms with E-state index in [1.165, 1.54) is 18.6 Å². The number of ether oxygens (including phenoxy) is 2. The Hall–Kier alpha value is -1.76. The third-order valence-corrected chi connectivity index (χ3v) is 6.68. The number of amides is 1. The van der Waals surface area contributed by atoms with Gasteiger partial charge in [-0.2, -0.15) is 0 Å². The Bertz CT molecular complexity index is 760. The molecule has 2 aliphatic carbocycles. The van der Waals surface area contributed by atoms with Crippen LogP contribution in [0.25, 0.3) is 0 Å². The molecule has 1 amide bonds. The van der Waals surface area contributed by atoms with Crippen LogP contribution in [0.15, 0.2) is 23.1 Å². The van der Waals surface area contributed by atoms with Gasteiger partial charge in [0, 0.05) is 18.4 Å². The van der Waals surface area contributed by atoms with Gasteiger partial charge in [-0.25, -0.2) is 13.1 Å². The van der Waals surface area contributed by atoms with Crippen molar-refractivity contribution in [2.45, 2.75) is 37.0 Å². The monoisotopic (exact) mass is 351 g/mol. The van der Waals surface area contributed by atoms with Gasteiger partial charge < -0.3 is 9.47 Å². The number of sulfonamides is 1. The molecule has 0 saturated heterocycles. The number of hydrogen-bond donors (Lipinski definition) is 1. The topological polar surface area (TPSA) is 81.7 Å². The van der Waals surface area contributed by atoms with Crippen LogP contribution in [0.5, 0.6) is 11.5 Å². The summed E-state index contributed by atoms with van der Waals surface area (Å²) < 4.78 is 38.4. The number of hydrogen-bond acceptors (Lipinski definition) is 5. The summed E-state index contributed by atoms with van der Waals surface area (Å²) in [5.74, 6) is 1.34. The van der Waals surface area contributed by atoms with Crippen molar-refractivity contribution in [1.82, 2.24) is 4.72 Å². The average Bonchev–Trinajstić information content (AvgIpc) is 3.10. The predicted octanol–water partition coefficient (Wildman–Crippen LogP) is 2.09. The number of benzene rings is 1. The molecule has 6 nitrogen and oxygen atoms in total. The van der Waals surface area contributed by atoms with Crippen molar-refractivity contribution >= 4 is 15.9 Å². The zero-order valence-corrected chi connectivity index (χ0v) is 14.2. The molecule has 24 heavy (non-hydrogen) atoms. The molecule has 2 bridgehead atoms. The van der Waals surface area contributed by atoms with E-state index >= 15 is 0 Å². The lowest BCUT2D eigenvalue weighted by atomic mass is 9.88. The van der Waals surface area contributed by atoms with Gasteiger partial charge in [-0.05, 0) is 43.2 Å². The lowest BCUT2D eigenvalue weighted by Crippen LogP contribution is -2.37. The van der Waals surface area contributed by atoms with Gasteiger partial charge in [0.1, 0.15) is 0 Å². The minimum atomic E-state index is -3.89. The van der Waals surface area contributed by atoms with Crippen molar-refractivity contribution in [2.24, 2.45) is 17.8 Å². The summed E-state index contributed by atoms with van der Waals surface area (Å²) in [7, 11) is -3.89. The van der Waals surface area contributed by atoms with Gasteiger partial charge in [-0.3, -0.25) is 4.79 Å². The van der Waals surface area contributed by atoms with Crippen LogP contribution in [0.1, 0.15) is 32.1 Å². The summed E-state index contributed by atoms with van der Waals surface area (Å²) in [6, 6.07) is 4.46. The molecule has 4 rings (SSSR count). The summed E-state index contributed by atoms with van der Waals surface area (Å²) in [6.45, 7) is 1.02. The van der Waals surface area contributed by atoms with Crippen LogP contribution in [-0.4, -0.2) is 27.5 Å². The van der Waals surface area contributed by atoms with E-state index in [0.29, 0.717) is 36.5 Å². The maximum Gasteiger partial charge on any atom is 0.264 e. The number of carbonyl (C=O) groups is 1. The molecule has 1 N–H and O–H groups in total. The van der Waals surface area contributed by atoms with Crippen molar-refractivity contribution in [2.75, 3.05) is 13.2 Å². The maximum absolute atomic E-state index is 12.5. The highest BCUT2D eigenvalue weighted by atomic mass is 32.2. The predicted molar refractivity (Wildman–Crippen MR) is 86.3 cm³/mol. The third kappa shape index (κ3) is 2.85. The molecule has 3 aliphatic rings. The van der Waals surface area contributed by atoms with Crippen LogP contribution in [0.4, 0.5) is 0 Å². The standard InChI is InChI=1S/C17H21NO5S/c19-17(14-9-11-2-3-12(14)8-11)18-24(20,21)13-4-5-15-16(10-13)23-7-1-6-22-15/h4-5,10-12,14H,1-3,6-9H2,(H,18,19). The Kier molecular flexibility index (Phi) is 3.90. The Morgan fingerprint density at radius 2 is 1.88 bits per heavy atom. The average molecular weight is 351 g/mol. The Morgan fingerprint density at radius 3 is 2.58 bits per heavy atom. The van der Waals surface area contributed by atoms with Crippen molar-refractivity contribution in [3.05, 3.63) is 18.2 Å². The molecule has 1 aromatic carbocycles. The second-order valence-corrected chi connectivity index (χ2v) is 8.59. The first-order chi connectivity index (χ1) is 11.5. The summed E-state index contributed by atoms with van der Waals surface area (Å²) >= 11 is 0. The van der Waals surface area contributed by atoms with E-state index < -0.39 is 10.0 Å². The molecule has 3 atom stereocenters. The SMILES string of the molecule is O=C(NS(=O)(=O)c1ccc2c(c1)OCCCO2)C1CC2CCC1C2. The van der Waals surface area contributed by atoms with Crippen LogP contribution in [0.3, 0.4) is 0 Å². The first-order valence-electron chi connectivity index (χ1n) is 8.49. The van der Waals surface area contributed by atoms with E-state index in [0.717, 1.165) is 25.7 Å².